The van der Waals surface area contributed by atoms with Gasteiger partial charge < -0.3 is 24.3 Å². The molecule has 3 heterocycles. The molecule has 1 N–H and O–H groups in total. The highest BCUT2D eigenvalue weighted by Gasteiger charge is 2.25. The number of methoxy groups -OCH3 is 2. The van der Waals surface area contributed by atoms with Crippen molar-refractivity contribution in [3.8, 4) is 11.5 Å². The number of nitrogens with one attached hydrogen (secondary N) is 1. The van der Waals surface area contributed by atoms with Gasteiger partial charge in [0.25, 0.3) is 0 Å². The van der Waals surface area contributed by atoms with E-state index in [4.69, 9.17) is 9.47 Å². The van der Waals surface area contributed by atoms with Gasteiger partial charge in [0.15, 0.2) is 5.65 Å². The van der Waals surface area contributed by atoms with Crippen LogP contribution in [0.5, 0.6) is 11.5 Å². The van der Waals surface area contributed by atoms with E-state index in [2.05, 4.69) is 19.9 Å². The molecule has 0 unspecified atom stereocenters. The number of carbonyl (C=O) groups excluding carboxylic acids is 1. The summed E-state index contributed by atoms with van der Waals surface area (Å²) in [6.45, 7) is 1.34. The van der Waals surface area contributed by atoms with E-state index in [9.17, 15) is 4.79 Å². The maximum absolute atomic E-state index is 12.7. The number of urea groups is 1. The SMILES string of the molecule is COc1cc(NC(=O)N2CCC(n3cnc4cccnc43)CC2)cc(OC)c1. The van der Waals surface area contributed by atoms with E-state index in [1.807, 2.05) is 23.4 Å². The van der Waals surface area contributed by atoms with Gasteiger partial charge in [-0.15, -0.1) is 0 Å². The highest BCUT2D eigenvalue weighted by atomic mass is 16.5. The van der Waals surface area contributed by atoms with Gasteiger partial charge in [0.2, 0.25) is 0 Å². The third-order valence-corrected chi connectivity index (χ3v) is 5.08. The Bertz CT molecular complexity index is 957. The van der Waals surface area contributed by atoms with Crippen molar-refractivity contribution in [2.45, 2.75) is 18.9 Å². The number of nitrogens with zero attached hydrogens (tertiary/aromatic N) is 4. The molecule has 0 radical (unpaired) electrons. The zero-order chi connectivity index (χ0) is 19.5. The molecule has 3 aromatic rings. The molecule has 1 aliphatic rings. The molecular formula is C20H23N5O3. The van der Waals surface area contributed by atoms with Gasteiger partial charge in [-0.1, -0.05) is 0 Å². The van der Waals surface area contributed by atoms with Crippen LogP contribution in [0.25, 0.3) is 11.2 Å². The van der Waals surface area contributed by atoms with Crippen LogP contribution in [0.15, 0.2) is 42.9 Å². The first kappa shape index (κ1) is 18.1. The fourth-order valence-corrected chi connectivity index (χ4v) is 3.56. The van der Waals surface area contributed by atoms with Gasteiger partial charge in [-0.2, -0.15) is 0 Å². The highest BCUT2D eigenvalue weighted by Crippen LogP contribution is 2.28. The maximum atomic E-state index is 12.7. The number of likely N-dealkylation sites (tertiary alicyclic amines) is 1. The molecule has 0 spiro atoms. The monoisotopic (exact) mass is 381 g/mol. The van der Waals surface area contributed by atoms with E-state index < -0.39 is 0 Å². The smallest absolute Gasteiger partial charge is 0.321 e. The maximum Gasteiger partial charge on any atom is 0.321 e. The average Bonchev–Trinajstić information content (AvgIpc) is 3.17. The first-order chi connectivity index (χ1) is 13.7. The summed E-state index contributed by atoms with van der Waals surface area (Å²) in [7, 11) is 3.17. The Hall–Kier alpha value is -3.29. The molecule has 1 saturated heterocycles. The quantitative estimate of drug-likeness (QED) is 0.750. The minimum atomic E-state index is -0.123. The Morgan fingerprint density at radius 1 is 1.11 bits per heavy atom. The Labute approximate surface area is 163 Å². The number of aromatic nitrogens is 3. The third kappa shape index (κ3) is 3.58. The van der Waals surface area contributed by atoms with Crippen molar-refractivity contribution >= 4 is 22.9 Å². The molecule has 1 aliphatic heterocycles. The van der Waals surface area contributed by atoms with Crippen molar-refractivity contribution in [3.05, 3.63) is 42.9 Å². The lowest BCUT2D eigenvalue weighted by atomic mass is 10.1. The number of hydrogen-bond donors (Lipinski definition) is 1. The molecule has 146 valence electrons. The van der Waals surface area contributed by atoms with Gasteiger partial charge in [0.05, 0.1) is 20.5 Å². The number of fused-ring (bicyclic) bond motifs is 1. The number of benzene rings is 1. The lowest BCUT2D eigenvalue weighted by Crippen LogP contribution is -2.41. The lowest BCUT2D eigenvalue weighted by Gasteiger charge is -2.32. The summed E-state index contributed by atoms with van der Waals surface area (Å²) in [6.07, 6.45) is 5.35. The van der Waals surface area contributed by atoms with Crippen LogP contribution in [0.1, 0.15) is 18.9 Å². The number of ether oxygens (including phenoxy) is 2. The van der Waals surface area contributed by atoms with E-state index >= 15 is 0 Å². The molecule has 1 aromatic carbocycles. The minimum absolute atomic E-state index is 0.123. The summed E-state index contributed by atoms with van der Waals surface area (Å²) >= 11 is 0. The predicted molar refractivity (Wildman–Crippen MR) is 106 cm³/mol. The lowest BCUT2D eigenvalue weighted by molar-refractivity contribution is 0.184. The molecule has 2 aromatic heterocycles. The fraction of sp³-hybridized carbons (Fsp3) is 0.350. The Kier molecular flexibility index (Phi) is 5.01. The number of hydrogen-bond acceptors (Lipinski definition) is 5. The number of rotatable bonds is 4. The van der Waals surface area contributed by atoms with Gasteiger partial charge in [0, 0.05) is 49.2 Å². The normalized spacial score (nSPS) is 14.9. The van der Waals surface area contributed by atoms with Gasteiger partial charge >= 0.3 is 6.03 Å². The van der Waals surface area contributed by atoms with E-state index in [0.29, 0.717) is 36.3 Å². The molecule has 8 heteroatoms. The van der Waals surface area contributed by atoms with Crippen LogP contribution in [0.3, 0.4) is 0 Å². The van der Waals surface area contributed by atoms with Crippen molar-refractivity contribution in [2.75, 3.05) is 32.6 Å². The van der Waals surface area contributed by atoms with Crippen molar-refractivity contribution < 1.29 is 14.3 Å². The third-order valence-electron chi connectivity index (χ3n) is 5.08. The molecule has 0 aliphatic carbocycles. The second-order valence-electron chi connectivity index (χ2n) is 6.75. The largest absolute Gasteiger partial charge is 0.497 e. The number of piperidine rings is 1. The van der Waals surface area contributed by atoms with Gasteiger partial charge in [-0.25, -0.2) is 14.8 Å². The summed E-state index contributed by atoms with van der Waals surface area (Å²) in [5, 5.41) is 2.94. The first-order valence-electron chi connectivity index (χ1n) is 9.24. The van der Waals surface area contributed by atoms with E-state index in [0.717, 1.165) is 24.0 Å². The van der Waals surface area contributed by atoms with Crippen LogP contribution in [-0.2, 0) is 0 Å². The number of carbonyl (C=O) groups is 1. The Morgan fingerprint density at radius 2 is 1.82 bits per heavy atom. The van der Waals surface area contributed by atoms with Crippen molar-refractivity contribution in [3.63, 3.8) is 0 Å². The molecule has 0 saturated carbocycles. The number of amides is 2. The van der Waals surface area contributed by atoms with Crippen molar-refractivity contribution in [1.82, 2.24) is 19.4 Å². The summed E-state index contributed by atoms with van der Waals surface area (Å²) in [5.41, 5.74) is 2.44. The second kappa shape index (κ2) is 7.75. The van der Waals surface area contributed by atoms with E-state index in [1.165, 1.54) is 0 Å². The molecule has 28 heavy (non-hydrogen) atoms. The van der Waals surface area contributed by atoms with Gasteiger partial charge in [-0.3, -0.25) is 0 Å². The molecule has 0 bridgehead atoms. The van der Waals surface area contributed by atoms with Crippen LogP contribution in [0, 0.1) is 0 Å². The van der Waals surface area contributed by atoms with Crippen LogP contribution in [-0.4, -0.2) is 52.8 Å². The minimum Gasteiger partial charge on any atom is -0.497 e. The predicted octanol–water partition coefficient (Wildman–Crippen LogP) is 3.32. The summed E-state index contributed by atoms with van der Waals surface area (Å²) < 4.78 is 12.6. The fourth-order valence-electron chi connectivity index (χ4n) is 3.56. The molecule has 2 amide bonds. The Balaban J connectivity index is 1.40. The van der Waals surface area contributed by atoms with Crippen LogP contribution < -0.4 is 14.8 Å². The zero-order valence-electron chi connectivity index (χ0n) is 16.0. The van der Waals surface area contributed by atoms with Gasteiger partial charge in [-0.05, 0) is 25.0 Å². The molecule has 4 rings (SSSR count). The molecule has 1 fully saturated rings. The first-order valence-corrected chi connectivity index (χ1v) is 9.24. The molecule has 0 atom stereocenters. The number of imidazole rings is 1. The highest BCUT2D eigenvalue weighted by molar-refractivity contribution is 5.90. The summed E-state index contributed by atoms with van der Waals surface area (Å²) in [6, 6.07) is 9.34. The second-order valence-corrected chi connectivity index (χ2v) is 6.75. The van der Waals surface area contributed by atoms with E-state index in [-0.39, 0.29) is 6.03 Å². The van der Waals surface area contributed by atoms with Gasteiger partial charge in [0.1, 0.15) is 17.0 Å². The molecule has 8 nitrogen and oxygen atoms in total. The number of anilines is 1. The summed E-state index contributed by atoms with van der Waals surface area (Å²) in [4.78, 5) is 23.4. The molecular weight excluding hydrogens is 358 g/mol. The van der Waals surface area contributed by atoms with Crippen LogP contribution in [0.2, 0.25) is 0 Å². The number of pyridine rings is 1. The van der Waals surface area contributed by atoms with Crippen LogP contribution >= 0.6 is 0 Å². The van der Waals surface area contributed by atoms with Crippen LogP contribution in [0.4, 0.5) is 10.5 Å². The standard InChI is InChI=1S/C20H23N5O3/c1-27-16-10-14(11-17(12-16)28-2)23-20(26)24-8-5-15(6-9-24)25-13-22-18-4-3-7-21-19(18)25/h3-4,7,10-13,15H,5-6,8-9H2,1-2H3,(H,23,26). The van der Waals surface area contributed by atoms with Crippen molar-refractivity contribution in [1.29, 1.82) is 0 Å². The van der Waals surface area contributed by atoms with Crippen molar-refractivity contribution in [2.24, 2.45) is 0 Å². The van der Waals surface area contributed by atoms with E-state index in [1.54, 1.807) is 38.6 Å². The summed E-state index contributed by atoms with van der Waals surface area (Å²) in [5.74, 6) is 1.26. The zero-order valence-corrected chi connectivity index (χ0v) is 16.0. The average molecular weight is 381 g/mol. The Morgan fingerprint density at radius 3 is 2.50 bits per heavy atom. The topological polar surface area (TPSA) is 81.5 Å².